The number of carbonyl (C=O) groups is 4. The van der Waals surface area contributed by atoms with Crippen molar-refractivity contribution in [3.05, 3.63) is 0 Å². The number of unbranched alkanes of at least 4 members (excludes halogenated alkanes) is 1. The Morgan fingerprint density at radius 2 is 1.42 bits per heavy atom. The van der Waals surface area contributed by atoms with Crippen LogP contribution < -0.4 is 0 Å². The highest BCUT2D eigenvalue weighted by Gasteiger charge is 2.55. The molecule has 1 aliphatic rings. The van der Waals surface area contributed by atoms with E-state index in [0.717, 1.165) is 0 Å². The van der Waals surface area contributed by atoms with Crippen LogP contribution in [0.25, 0.3) is 0 Å². The van der Waals surface area contributed by atoms with E-state index in [9.17, 15) is 19.2 Å². The topological polar surface area (TPSA) is 135 Å². The summed E-state index contributed by atoms with van der Waals surface area (Å²) in [5.74, 6) is -2.99. The largest absolute Gasteiger partial charge is 0.481 e. The normalized spacial score (nSPS) is 24.6. The molecule has 1 aliphatic heterocycles. The summed E-state index contributed by atoms with van der Waals surface area (Å²) in [4.78, 5) is 47.2. The van der Waals surface area contributed by atoms with Crippen LogP contribution in [0.2, 0.25) is 0 Å². The Balaban J connectivity index is 3.27. The zero-order valence-corrected chi connectivity index (χ0v) is 23.0. The molecule has 0 amide bonds. The maximum Gasteiger partial charge on any atom is 0.305 e. The Labute approximate surface area is 214 Å². The molecule has 0 aromatic heterocycles. The van der Waals surface area contributed by atoms with Gasteiger partial charge in [-0.3, -0.25) is 19.2 Å². The molecule has 5 unspecified atom stereocenters. The SMILES string of the molecule is CCC(C)(C)OC1OC(COC(=O)CCCCC(=O)O)C(C(C)(C)CC)C(OC(C)=O)C1OC(C)=O. The van der Waals surface area contributed by atoms with Gasteiger partial charge < -0.3 is 28.8 Å². The van der Waals surface area contributed by atoms with Crippen molar-refractivity contribution in [3.8, 4) is 0 Å². The number of carbonyl (C=O) groups excluding carboxylic acids is 3. The Bertz CT molecular complexity index is 760. The zero-order valence-electron chi connectivity index (χ0n) is 23.0. The van der Waals surface area contributed by atoms with Crippen LogP contribution in [0.3, 0.4) is 0 Å². The Morgan fingerprint density at radius 3 is 1.92 bits per heavy atom. The van der Waals surface area contributed by atoms with Crippen molar-refractivity contribution in [3.63, 3.8) is 0 Å². The predicted octanol–water partition coefficient (Wildman–Crippen LogP) is 4.02. The van der Waals surface area contributed by atoms with E-state index < -0.39 is 65.4 Å². The second-order valence-corrected chi connectivity index (χ2v) is 10.6. The number of aliphatic carboxylic acids is 1. The van der Waals surface area contributed by atoms with Gasteiger partial charge in [-0.2, -0.15) is 0 Å². The minimum atomic E-state index is -1.06. The fraction of sp³-hybridized carbons (Fsp3) is 0.846. The molecule has 10 heteroatoms. The fourth-order valence-electron chi connectivity index (χ4n) is 4.16. The predicted molar refractivity (Wildman–Crippen MR) is 130 cm³/mol. The molecule has 10 nitrogen and oxygen atoms in total. The second kappa shape index (κ2) is 13.9. The molecular weight excluding hydrogens is 472 g/mol. The lowest BCUT2D eigenvalue weighted by Crippen LogP contribution is -2.63. The molecule has 0 aromatic rings. The first kappa shape index (κ1) is 31.8. The summed E-state index contributed by atoms with van der Waals surface area (Å²) >= 11 is 0. The average molecular weight is 517 g/mol. The van der Waals surface area contributed by atoms with Crippen molar-refractivity contribution in [1.82, 2.24) is 0 Å². The van der Waals surface area contributed by atoms with Crippen LogP contribution in [0, 0.1) is 11.3 Å². The first-order valence-corrected chi connectivity index (χ1v) is 12.7. The molecule has 5 atom stereocenters. The molecule has 0 aromatic carbocycles. The van der Waals surface area contributed by atoms with Crippen LogP contribution in [-0.4, -0.2) is 65.8 Å². The Morgan fingerprint density at radius 1 is 0.861 bits per heavy atom. The number of hydrogen-bond acceptors (Lipinski definition) is 9. The highest BCUT2D eigenvalue weighted by atomic mass is 16.7. The van der Waals surface area contributed by atoms with E-state index >= 15 is 0 Å². The number of carboxylic acids is 1. The van der Waals surface area contributed by atoms with E-state index in [-0.39, 0.29) is 19.4 Å². The van der Waals surface area contributed by atoms with Crippen molar-refractivity contribution >= 4 is 23.9 Å². The van der Waals surface area contributed by atoms with Gasteiger partial charge in [0.2, 0.25) is 0 Å². The monoisotopic (exact) mass is 516 g/mol. The van der Waals surface area contributed by atoms with Crippen molar-refractivity contribution in [2.75, 3.05) is 6.61 Å². The summed E-state index contributed by atoms with van der Waals surface area (Å²) < 4.78 is 29.4. The van der Waals surface area contributed by atoms with Gasteiger partial charge in [0.1, 0.15) is 18.8 Å². The van der Waals surface area contributed by atoms with Crippen LogP contribution in [0.15, 0.2) is 0 Å². The molecule has 1 saturated heterocycles. The molecule has 0 radical (unpaired) electrons. The lowest BCUT2D eigenvalue weighted by atomic mass is 9.68. The van der Waals surface area contributed by atoms with E-state index in [4.69, 9.17) is 28.8 Å². The fourth-order valence-corrected chi connectivity index (χ4v) is 4.16. The first-order valence-electron chi connectivity index (χ1n) is 12.7. The lowest BCUT2D eigenvalue weighted by molar-refractivity contribution is -0.328. The highest BCUT2D eigenvalue weighted by Crippen LogP contribution is 2.44. The molecule has 0 bridgehead atoms. The molecule has 208 valence electrons. The third kappa shape index (κ3) is 10.0. The molecular formula is C26H44O10. The standard InChI is InChI=1S/C26H44O10/c1-9-25(5,6)21-18(15-32-20(31)14-12-11-13-19(29)30)35-24(36-26(7,8)10-2)23(34-17(4)28)22(21)33-16(3)27/h18,21-24H,9-15H2,1-8H3,(H,29,30). The van der Waals surface area contributed by atoms with Gasteiger partial charge in [-0.25, -0.2) is 0 Å². The average Bonchev–Trinajstić information content (AvgIpc) is 2.76. The summed E-state index contributed by atoms with van der Waals surface area (Å²) in [5.41, 5.74) is -1.09. The summed E-state index contributed by atoms with van der Waals surface area (Å²) in [5, 5.41) is 8.76. The summed E-state index contributed by atoms with van der Waals surface area (Å²) in [6.07, 6.45) is -1.54. The van der Waals surface area contributed by atoms with Crippen LogP contribution in [-0.2, 0) is 42.9 Å². The smallest absolute Gasteiger partial charge is 0.305 e. The van der Waals surface area contributed by atoms with Gasteiger partial charge >= 0.3 is 23.9 Å². The van der Waals surface area contributed by atoms with Crippen LogP contribution in [0.4, 0.5) is 0 Å². The molecule has 1 fully saturated rings. The third-order valence-corrected chi connectivity index (χ3v) is 6.79. The van der Waals surface area contributed by atoms with Crippen molar-refractivity contribution in [1.29, 1.82) is 0 Å². The van der Waals surface area contributed by atoms with Gasteiger partial charge in [-0.05, 0) is 38.5 Å². The Kier molecular flexibility index (Phi) is 12.3. The van der Waals surface area contributed by atoms with Gasteiger partial charge in [0.15, 0.2) is 12.4 Å². The van der Waals surface area contributed by atoms with Crippen LogP contribution in [0.5, 0.6) is 0 Å². The summed E-state index contributed by atoms with van der Waals surface area (Å²) in [6, 6.07) is 0. The van der Waals surface area contributed by atoms with Crippen molar-refractivity contribution in [2.45, 2.75) is 124 Å². The van der Waals surface area contributed by atoms with Gasteiger partial charge in [-0.15, -0.1) is 0 Å². The number of rotatable bonds is 14. The Hall–Kier alpha value is -2.20. The molecule has 1 N–H and O–H groups in total. The molecule has 36 heavy (non-hydrogen) atoms. The third-order valence-electron chi connectivity index (χ3n) is 6.79. The van der Waals surface area contributed by atoms with Crippen molar-refractivity contribution in [2.24, 2.45) is 11.3 Å². The van der Waals surface area contributed by atoms with Gasteiger partial charge in [0.05, 0.1) is 5.60 Å². The van der Waals surface area contributed by atoms with E-state index in [1.165, 1.54) is 13.8 Å². The number of ether oxygens (including phenoxy) is 5. The second-order valence-electron chi connectivity index (χ2n) is 10.6. The summed E-state index contributed by atoms with van der Waals surface area (Å²) in [7, 11) is 0. The zero-order chi connectivity index (χ0) is 27.7. The quantitative estimate of drug-likeness (QED) is 0.205. The van der Waals surface area contributed by atoms with E-state index in [0.29, 0.717) is 25.7 Å². The molecule has 1 heterocycles. The van der Waals surface area contributed by atoms with E-state index in [2.05, 4.69) is 0 Å². The van der Waals surface area contributed by atoms with Crippen LogP contribution >= 0.6 is 0 Å². The van der Waals surface area contributed by atoms with E-state index in [1.807, 2.05) is 41.5 Å². The minimum Gasteiger partial charge on any atom is -0.481 e. The van der Waals surface area contributed by atoms with Gasteiger partial charge in [0.25, 0.3) is 0 Å². The van der Waals surface area contributed by atoms with E-state index in [1.54, 1.807) is 0 Å². The van der Waals surface area contributed by atoms with Crippen molar-refractivity contribution < 1.29 is 48.0 Å². The molecule has 0 spiro atoms. The molecule has 0 saturated carbocycles. The lowest BCUT2D eigenvalue weighted by Gasteiger charge is -2.51. The minimum absolute atomic E-state index is 0.0143. The first-order chi connectivity index (χ1) is 16.6. The number of esters is 3. The highest BCUT2D eigenvalue weighted by molar-refractivity contribution is 5.70. The van der Waals surface area contributed by atoms with Gasteiger partial charge in [0, 0.05) is 32.6 Å². The summed E-state index contributed by atoms with van der Waals surface area (Å²) in [6.45, 7) is 14.1. The van der Waals surface area contributed by atoms with Gasteiger partial charge in [-0.1, -0.05) is 34.1 Å². The van der Waals surface area contributed by atoms with Crippen LogP contribution in [0.1, 0.15) is 93.9 Å². The maximum atomic E-state index is 12.4. The molecule has 1 rings (SSSR count). The number of hydrogen-bond donors (Lipinski definition) is 1. The molecule has 0 aliphatic carbocycles. The maximum absolute atomic E-state index is 12.4. The number of carboxylic acid groups (broad SMARTS) is 1.